The summed E-state index contributed by atoms with van der Waals surface area (Å²) in [6.45, 7) is 8.70. The van der Waals surface area contributed by atoms with Crippen LogP contribution in [0.5, 0.6) is 11.5 Å². The Bertz CT molecular complexity index is 3260. The van der Waals surface area contributed by atoms with Crippen LogP contribution in [0.3, 0.4) is 0 Å². The summed E-state index contributed by atoms with van der Waals surface area (Å²) in [5.74, 6) is -10.6. The van der Waals surface area contributed by atoms with Crippen LogP contribution >= 0.6 is 46.4 Å². The number of nitrogens with one attached hydrogen (secondary N) is 6. The lowest BCUT2D eigenvalue weighted by Crippen LogP contribution is -2.55. The zero-order valence-corrected chi connectivity index (χ0v) is 49.9. The van der Waals surface area contributed by atoms with Gasteiger partial charge in [0.2, 0.25) is 29.5 Å². The van der Waals surface area contributed by atoms with Crippen molar-refractivity contribution in [2.75, 3.05) is 13.2 Å². The van der Waals surface area contributed by atoms with Crippen molar-refractivity contribution in [3.05, 3.63) is 186 Å². The Balaban J connectivity index is 1.28. The number of hydrogen-bond donors (Lipinski definition) is 9. The number of aliphatic carboxylic acids is 2. The molecular weight excluding hydrogens is 1210 g/mol. The summed E-state index contributed by atoms with van der Waals surface area (Å²) in [5.41, 5.74) is 8.00. The van der Waals surface area contributed by atoms with Gasteiger partial charge in [-0.25, -0.2) is 0 Å². The quantitative estimate of drug-likeness (QED) is 0.0161. The average Bonchev–Trinajstić information content (AvgIpc) is 3.69. The standard InChI is InChI=1S/C61H61Cl4N7O15/c1-5-32(3)55(79)39-17-19-45(53(64)51(39)62)86-30-47(73)69-43(26-49(75)76)60(84)71-41(24-34-13-9-7-10-14-34)58(82)67-28-36-21-37(23-38(22-36)57(66)81)29-68-59(83)42(25-35-15-11-8-12-16-35)72-61(85)44(27-50(77)78)70-48(74)31-87-46-20-18-40(52(63)54(46)65)56(80)33(4)6-2/h7-23,41-44H,3-6,24-31H2,1-2H3,(H2,66,81)(H,67,82)(H,68,83)(H,69,73)(H,70,74)(H,71,84)(H,72,85)(H,75,76)(H,77,78)/t41-,42+,43-,44+. The van der Waals surface area contributed by atoms with Gasteiger partial charge in [0.1, 0.15) is 45.7 Å². The van der Waals surface area contributed by atoms with Crippen LogP contribution in [0.2, 0.25) is 20.1 Å². The molecule has 10 N–H and O–H groups in total. The minimum Gasteiger partial charge on any atom is -0.482 e. The van der Waals surface area contributed by atoms with Crippen LogP contribution in [-0.2, 0) is 64.3 Å². The second kappa shape index (κ2) is 33.0. The number of benzene rings is 5. The van der Waals surface area contributed by atoms with E-state index in [-0.39, 0.29) is 96.5 Å². The maximum atomic E-state index is 14.1. The third-order valence-electron chi connectivity index (χ3n) is 13.0. The Kier molecular flexibility index (Phi) is 26.0. The Morgan fingerprint density at radius 3 is 1.18 bits per heavy atom. The number of carbonyl (C=O) groups excluding carboxylic acids is 9. The van der Waals surface area contributed by atoms with Crippen molar-refractivity contribution in [1.29, 1.82) is 0 Å². The molecule has 0 bridgehead atoms. The van der Waals surface area contributed by atoms with Crippen molar-refractivity contribution in [1.82, 2.24) is 31.9 Å². The highest BCUT2D eigenvalue weighted by atomic mass is 35.5. The van der Waals surface area contributed by atoms with Gasteiger partial charge in [0.05, 0.1) is 22.9 Å². The van der Waals surface area contributed by atoms with E-state index in [0.717, 1.165) is 0 Å². The Hall–Kier alpha value is -9.09. The van der Waals surface area contributed by atoms with Gasteiger partial charge in [-0.2, -0.15) is 0 Å². The number of primary amides is 1. The first-order valence-corrected chi connectivity index (χ1v) is 28.2. The predicted octanol–water partition coefficient (Wildman–Crippen LogP) is 6.46. The monoisotopic (exact) mass is 1270 g/mol. The van der Waals surface area contributed by atoms with Gasteiger partial charge >= 0.3 is 11.9 Å². The number of hydrogen-bond acceptors (Lipinski definition) is 13. The number of carboxylic acids is 2. The number of ketones is 2. The van der Waals surface area contributed by atoms with E-state index >= 15 is 0 Å². The third-order valence-corrected chi connectivity index (χ3v) is 14.7. The summed E-state index contributed by atoms with van der Waals surface area (Å²) in [6, 6.07) is 20.1. The zero-order valence-electron chi connectivity index (χ0n) is 46.9. The van der Waals surface area contributed by atoms with Gasteiger partial charge < -0.3 is 57.3 Å². The normalized spacial score (nSPS) is 12.1. The van der Waals surface area contributed by atoms with E-state index < -0.39 is 115 Å². The summed E-state index contributed by atoms with van der Waals surface area (Å²) in [5, 5.41) is 33.8. The molecule has 5 rings (SSSR count). The molecule has 0 saturated carbocycles. The molecule has 0 aliphatic heterocycles. The van der Waals surface area contributed by atoms with Crippen molar-refractivity contribution < 1.29 is 72.4 Å². The third kappa shape index (κ3) is 20.6. The van der Waals surface area contributed by atoms with Crippen molar-refractivity contribution in [3.63, 3.8) is 0 Å². The Morgan fingerprint density at radius 2 is 0.851 bits per heavy atom. The Labute approximate surface area is 519 Å². The average molecular weight is 1270 g/mol. The minimum atomic E-state index is -1.74. The summed E-state index contributed by atoms with van der Waals surface area (Å²) >= 11 is 25.4. The number of carbonyl (C=O) groups is 11. The van der Waals surface area contributed by atoms with Crippen LogP contribution in [0.1, 0.15) is 92.9 Å². The molecule has 7 amide bonds. The van der Waals surface area contributed by atoms with Gasteiger partial charge in [0.25, 0.3) is 11.8 Å². The molecular formula is C61H61Cl4N7O15. The van der Waals surface area contributed by atoms with Crippen LogP contribution < -0.4 is 47.1 Å². The summed E-state index contributed by atoms with van der Waals surface area (Å²) in [6.07, 6.45) is -1.40. The fourth-order valence-electron chi connectivity index (χ4n) is 8.26. The molecule has 0 radical (unpaired) electrons. The number of rotatable bonds is 33. The summed E-state index contributed by atoms with van der Waals surface area (Å²) < 4.78 is 11.0. The van der Waals surface area contributed by atoms with E-state index in [1.165, 1.54) is 42.5 Å². The molecule has 5 aromatic carbocycles. The van der Waals surface area contributed by atoms with Crippen LogP contribution in [0.4, 0.5) is 0 Å². The molecule has 0 fully saturated rings. The number of amides is 7. The number of carboxylic acid groups (broad SMARTS) is 2. The molecule has 0 aliphatic rings. The molecule has 4 atom stereocenters. The van der Waals surface area contributed by atoms with Crippen molar-refractivity contribution in [3.8, 4) is 11.5 Å². The maximum Gasteiger partial charge on any atom is 0.305 e. The van der Waals surface area contributed by atoms with E-state index in [4.69, 9.17) is 61.6 Å². The molecule has 0 saturated heterocycles. The second-order valence-electron chi connectivity index (χ2n) is 19.4. The summed E-state index contributed by atoms with van der Waals surface area (Å²) in [7, 11) is 0. The molecule has 0 heterocycles. The van der Waals surface area contributed by atoms with Gasteiger partial charge in [0.15, 0.2) is 24.8 Å². The smallest absolute Gasteiger partial charge is 0.305 e. The molecule has 22 nitrogen and oxygen atoms in total. The lowest BCUT2D eigenvalue weighted by molar-refractivity contribution is -0.141. The first-order chi connectivity index (χ1) is 41.3. The van der Waals surface area contributed by atoms with E-state index in [2.05, 4.69) is 45.1 Å². The van der Waals surface area contributed by atoms with E-state index in [1.807, 2.05) is 0 Å². The van der Waals surface area contributed by atoms with E-state index in [0.29, 0.717) is 24.0 Å². The molecule has 0 aromatic heterocycles. The van der Waals surface area contributed by atoms with E-state index in [9.17, 15) is 63.0 Å². The summed E-state index contributed by atoms with van der Waals surface area (Å²) in [4.78, 5) is 144. The lowest BCUT2D eigenvalue weighted by Gasteiger charge is -2.23. The number of halogens is 4. The maximum absolute atomic E-state index is 14.1. The van der Waals surface area contributed by atoms with Crippen LogP contribution in [-0.4, -0.2) is 112 Å². The molecule has 87 heavy (non-hydrogen) atoms. The number of nitrogens with two attached hydrogens (primary N) is 1. The molecule has 26 heteroatoms. The van der Waals surface area contributed by atoms with E-state index in [1.54, 1.807) is 74.5 Å². The van der Waals surface area contributed by atoms with Crippen molar-refractivity contribution >= 4 is 111 Å². The number of allylic oxidation sites excluding steroid dienone is 2. The van der Waals surface area contributed by atoms with Gasteiger partial charge in [0, 0.05) is 42.6 Å². The SMILES string of the molecule is C=C(CC)C(=O)c1ccc(OCC(=O)N[C@@H](CC(=O)O)C(=O)N[C@@H](Cc2ccccc2)C(=O)NCc2cc(CNC(=O)[C@@H](Cc3ccccc3)NC(=O)[C@@H](CC(=O)O)NC(=O)COc3ccc(C(=O)C(=C)CC)c(Cl)c3Cl)cc(C(N)=O)c2)c(Cl)c1Cl. The minimum absolute atomic E-state index is 0.0479. The fourth-order valence-corrected chi connectivity index (χ4v) is 9.18. The van der Waals surface area contributed by atoms with Crippen molar-refractivity contribution in [2.45, 2.75) is 89.6 Å². The fraction of sp³-hybridized carbons (Fsp3) is 0.262. The topological polar surface area (TPSA) is 345 Å². The number of Topliss-reactive ketones (excluding diaryl/α,β-unsaturated/α-hetero) is 2. The first-order valence-electron chi connectivity index (χ1n) is 26.7. The highest BCUT2D eigenvalue weighted by Crippen LogP contribution is 2.37. The first kappa shape index (κ1) is 68.7. The highest BCUT2D eigenvalue weighted by Gasteiger charge is 2.32. The molecule has 0 aliphatic carbocycles. The van der Waals surface area contributed by atoms with Gasteiger partial charge in [-0.05, 0) is 82.6 Å². The second-order valence-corrected chi connectivity index (χ2v) is 20.9. The van der Waals surface area contributed by atoms with Crippen LogP contribution in [0, 0.1) is 0 Å². The Morgan fingerprint density at radius 1 is 0.483 bits per heavy atom. The largest absolute Gasteiger partial charge is 0.482 e. The molecule has 458 valence electrons. The zero-order chi connectivity index (χ0) is 64.1. The van der Waals surface area contributed by atoms with Crippen molar-refractivity contribution in [2.24, 2.45) is 5.73 Å². The van der Waals surface area contributed by atoms with Crippen LogP contribution in [0.15, 0.2) is 127 Å². The lowest BCUT2D eigenvalue weighted by atomic mass is 10.0. The van der Waals surface area contributed by atoms with Gasteiger partial charge in [-0.3, -0.25) is 52.7 Å². The predicted molar refractivity (Wildman–Crippen MR) is 323 cm³/mol. The van der Waals surface area contributed by atoms with Crippen LogP contribution in [0.25, 0.3) is 0 Å². The molecule has 0 spiro atoms. The number of ether oxygens (including phenoxy) is 2. The molecule has 0 unspecified atom stereocenters. The van der Waals surface area contributed by atoms with Gasteiger partial charge in [-0.15, -0.1) is 0 Å². The highest BCUT2D eigenvalue weighted by molar-refractivity contribution is 6.46. The molecule has 5 aromatic rings. The van der Waals surface area contributed by atoms with Gasteiger partial charge in [-0.1, -0.05) is 140 Å².